The van der Waals surface area contributed by atoms with E-state index >= 15 is 0 Å². The summed E-state index contributed by atoms with van der Waals surface area (Å²) in [6.07, 6.45) is -0.0240. The number of rotatable bonds is 6. The summed E-state index contributed by atoms with van der Waals surface area (Å²) in [5, 5.41) is 5.17. The van der Waals surface area contributed by atoms with Gasteiger partial charge in [-0.2, -0.15) is 0 Å². The molecule has 0 saturated heterocycles. The molecule has 0 saturated carbocycles. The lowest BCUT2D eigenvalue weighted by molar-refractivity contribution is 0.0715. The molecule has 0 radical (unpaired) electrons. The van der Waals surface area contributed by atoms with Gasteiger partial charge in [0.25, 0.3) is 5.91 Å². The molecule has 2 aromatic heterocycles. The fourth-order valence-electron chi connectivity index (χ4n) is 1.69. The minimum absolute atomic E-state index is 0.0240. The lowest BCUT2D eigenvalue weighted by Gasteiger charge is -2.12. The number of pyridine rings is 1. The molecule has 1 N–H and O–H groups in total. The van der Waals surface area contributed by atoms with Crippen molar-refractivity contribution in [2.24, 2.45) is 0 Å². The van der Waals surface area contributed by atoms with E-state index in [1.807, 2.05) is 26.2 Å². The average Bonchev–Trinajstić information content (AvgIpc) is 2.89. The van der Waals surface area contributed by atoms with Crippen molar-refractivity contribution < 1.29 is 14.3 Å². The molecule has 0 aliphatic carbocycles. The fraction of sp³-hybridized carbons (Fsp3) is 0.400. The van der Waals surface area contributed by atoms with Crippen molar-refractivity contribution >= 4 is 22.4 Å². The van der Waals surface area contributed by atoms with Gasteiger partial charge in [0.15, 0.2) is 5.13 Å². The van der Waals surface area contributed by atoms with E-state index < -0.39 is 0 Å². The molecule has 22 heavy (non-hydrogen) atoms. The maximum Gasteiger partial charge on any atom is 0.276 e. The van der Waals surface area contributed by atoms with Crippen LogP contribution >= 0.6 is 11.3 Å². The summed E-state index contributed by atoms with van der Waals surface area (Å²) < 4.78 is 10.8. The molecule has 0 fully saturated rings. The number of hydrogen-bond donors (Lipinski definition) is 1. The molecule has 7 heteroatoms. The summed E-state index contributed by atoms with van der Waals surface area (Å²) in [6.45, 7) is 6.01. The smallest absolute Gasteiger partial charge is 0.276 e. The highest BCUT2D eigenvalue weighted by Gasteiger charge is 2.12. The first-order chi connectivity index (χ1) is 10.5. The summed E-state index contributed by atoms with van der Waals surface area (Å²) in [4.78, 5) is 20.7. The molecule has 0 aromatic carbocycles. The van der Waals surface area contributed by atoms with E-state index in [9.17, 15) is 4.79 Å². The van der Waals surface area contributed by atoms with Crippen molar-refractivity contribution in [1.82, 2.24) is 9.97 Å². The summed E-state index contributed by atoms with van der Waals surface area (Å²) in [6, 6.07) is 3.40. The number of carbonyl (C=O) groups excluding carboxylic acids is 1. The fourth-order valence-corrected chi connectivity index (χ4v) is 2.37. The summed E-state index contributed by atoms with van der Waals surface area (Å²) in [5.74, 6) is 0.291. The normalized spacial score (nSPS) is 12.0. The van der Waals surface area contributed by atoms with Gasteiger partial charge in [0, 0.05) is 30.3 Å². The minimum atomic E-state index is -0.303. The second-order valence-corrected chi connectivity index (χ2v) is 5.79. The van der Waals surface area contributed by atoms with Crippen LogP contribution in [-0.2, 0) is 4.74 Å². The number of methoxy groups -OCH3 is 1. The van der Waals surface area contributed by atoms with Gasteiger partial charge in [-0.05, 0) is 20.8 Å². The molecule has 2 rings (SSSR count). The number of aromatic nitrogens is 2. The Morgan fingerprint density at radius 1 is 1.32 bits per heavy atom. The average molecular weight is 321 g/mol. The van der Waals surface area contributed by atoms with Gasteiger partial charge in [-0.15, -0.1) is 11.3 Å². The molecular formula is C15H19N3O3S. The Labute approximate surface area is 133 Å². The third-order valence-electron chi connectivity index (χ3n) is 2.89. The first kappa shape index (κ1) is 16.4. The Morgan fingerprint density at radius 2 is 2.09 bits per heavy atom. The number of nitrogens with zero attached hydrogens (tertiary/aromatic N) is 2. The van der Waals surface area contributed by atoms with E-state index in [1.165, 1.54) is 11.3 Å². The Morgan fingerprint density at radius 3 is 2.73 bits per heavy atom. The van der Waals surface area contributed by atoms with Crippen molar-refractivity contribution in [3.8, 4) is 5.75 Å². The second kappa shape index (κ2) is 7.33. The zero-order valence-corrected chi connectivity index (χ0v) is 13.9. The maximum absolute atomic E-state index is 12.2. The van der Waals surface area contributed by atoms with Gasteiger partial charge in [-0.1, -0.05) is 0 Å². The first-order valence-corrected chi connectivity index (χ1v) is 7.73. The van der Waals surface area contributed by atoms with Gasteiger partial charge in [0.05, 0.1) is 11.8 Å². The Hall–Kier alpha value is -1.99. The van der Waals surface area contributed by atoms with Gasteiger partial charge >= 0.3 is 0 Å². The van der Waals surface area contributed by atoms with Crippen LogP contribution in [0.4, 0.5) is 5.13 Å². The van der Waals surface area contributed by atoms with E-state index in [-0.39, 0.29) is 12.0 Å². The summed E-state index contributed by atoms with van der Waals surface area (Å²) in [5.41, 5.74) is 1.88. The van der Waals surface area contributed by atoms with Crippen LogP contribution in [0.1, 0.15) is 28.8 Å². The van der Waals surface area contributed by atoms with Crippen LogP contribution < -0.4 is 10.1 Å². The molecule has 0 spiro atoms. The third-order valence-corrected chi connectivity index (χ3v) is 3.76. The number of carbonyl (C=O) groups is 1. The topological polar surface area (TPSA) is 73.3 Å². The van der Waals surface area contributed by atoms with E-state index in [0.29, 0.717) is 28.9 Å². The molecule has 1 amide bonds. The predicted molar refractivity (Wildman–Crippen MR) is 85.7 cm³/mol. The first-order valence-electron chi connectivity index (χ1n) is 6.85. The molecule has 0 aliphatic heterocycles. The number of nitrogens with one attached hydrogen (secondary N) is 1. The van der Waals surface area contributed by atoms with Gasteiger partial charge in [-0.25, -0.2) is 9.97 Å². The monoisotopic (exact) mass is 321 g/mol. The molecule has 2 heterocycles. The highest BCUT2D eigenvalue weighted by atomic mass is 32.1. The predicted octanol–water partition coefficient (Wildman–Crippen LogP) is 2.82. The number of ether oxygens (including phenoxy) is 2. The van der Waals surface area contributed by atoms with Crippen LogP contribution in [0.5, 0.6) is 5.75 Å². The van der Waals surface area contributed by atoms with Crippen LogP contribution in [0.25, 0.3) is 0 Å². The van der Waals surface area contributed by atoms with E-state index in [0.717, 1.165) is 5.69 Å². The minimum Gasteiger partial charge on any atom is -0.491 e. The summed E-state index contributed by atoms with van der Waals surface area (Å²) >= 11 is 1.38. The lowest BCUT2D eigenvalue weighted by atomic mass is 10.2. The second-order valence-electron chi connectivity index (χ2n) is 4.93. The summed E-state index contributed by atoms with van der Waals surface area (Å²) in [7, 11) is 1.63. The largest absolute Gasteiger partial charge is 0.491 e. The zero-order chi connectivity index (χ0) is 16.1. The van der Waals surface area contributed by atoms with Gasteiger partial charge < -0.3 is 9.47 Å². The van der Waals surface area contributed by atoms with Crippen molar-refractivity contribution in [2.75, 3.05) is 19.0 Å². The Kier molecular flexibility index (Phi) is 5.46. The van der Waals surface area contributed by atoms with Gasteiger partial charge in [-0.3, -0.25) is 10.1 Å². The van der Waals surface area contributed by atoms with Crippen molar-refractivity contribution in [1.29, 1.82) is 0 Å². The maximum atomic E-state index is 12.2. The van der Waals surface area contributed by atoms with Crippen molar-refractivity contribution in [3.05, 3.63) is 34.6 Å². The quantitative estimate of drug-likeness (QED) is 0.885. The van der Waals surface area contributed by atoms with Crippen LogP contribution in [0.2, 0.25) is 0 Å². The van der Waals surface area contributed by atoms with E-state index in [4.69, 9.17) is 9.47 Å². The molecule has 0 bridgehead atoms. The molecule has 0 unspecified atom stereocenters. The molecule has 2 aromatic rings. The number of anilines is 1. The van der Waals surface area contributed by atoms with Gasteiger partial charge in [0.2, 0.25) is 0 Å². The Bertz CT molecular complexity index is 657. The van der Waals surface area contributed by atoms with Crippen LogP contribution in [-0.4, -0.2) is 35.7 Å². The molecule has 0 aliphatic rings. The standard InChI is InChI=1S/C15H19N3O3S/c1-9-5-12(21-7-11(3)20-4)6-13(16-9)14(19)18-15-17-10(2)8-22-15/h5-6,8,11H,7H2,1-4H3,(H,17,18,19)/t11-/m0/s1. The SMILES string of the molecule is CO[C@@H](C)COc1cc(C)nc(C(=O)Nc2nc(C)cs2)c1. The van der Waals surface area contributed by atoms with Crippen LogP contribution in [0, 0.1) is 13.8 Å². The van der Waals surface area contributed by atoms with Crippen molar-refractivity contribution in [3.63, 3.8) is 0 Å². The van der Waals surface area contributed by atoms with Crippen molar-refractivity contribution in [2.45, 2.75) is 26.9 Å². The lowest BCUT2D eigenvalue weighted by Crippen LogP contribution is -2.17. The molecular weight excluding hydrogens is 302 g/mol. The number of hydrogen-bond acceptors (Lipinski definition) is 6. The molecule has 118 valence electrons. The number of thiazole rings is 1. The third kappa shape index (κ3) is 4.51. The number of amides is 1. The highest BCUT2D eigenvalue weighted by Crippen LogP contribution is 2.18. The Balaban J connectivity index is 2.09. The number of aryl methyl sites for hydroxylation is 2. The zero-order valence-electron chi connectivity index (χ0n) is 13.0. The van der Waals surface area contributed by atoms with Crippen LogP contribution in [0.3, 0.4) is 0 Å². The molecule has 6 nitrogen and oxygen atoms in total. The highest BCUT2D eigenvalue weighted by molar-refractivity contribution is 7.13. The molecule has 1 atom stereocenters. The van der Waals surface area contributed by atoms with Crippen LogP contribution in [0.15, 0.2) is 17.5 Å². The van der Waals surface area contributed by atoms with E-state index in [1.54, 1.807) is 19.2 Å². The van der Waals surface area contributed by atoms with Gasteiger partial charge in [0.1, 0.15) is 18.1 Å². The van der Waals surface area contributed by atoms with E-state index in [2.05, 4.69) is 15.3 Å².